The molecular formula is C12H18N2O2. The molecule has 4 N–H and O–H groups in total. The summed E-state index contributed by atoms with van der Waals surface area (Å²) in [7, 11) is 0. The van der Waals surface area contributed by atoms with Gasteiger partial charge in [0.25, 0.3) is 0 Å². The van der Waals surface area contributed by atoms with Crippen LogP contribution in [-0.2, 0) is 4.79 Å². The smallest absolute Gasteiger partial charge is 0.227 e. The zero-order chi connectivity index (χ0) is 12.2. The Balaban J connectivity index is 2.66. The second-order valence-corrected chi connectivity index (χ2v) is 4.31. The summed E-state index contributed by atoms with van der Waals surface area (Å²) in [5.74, 6) is -0.504. The standard InChI is InChI=1S/C12H18N2O2/c1-9-4-3-5-10(6-9)14-7-12(2,8-15)11(13)16/h3-6,14-15H,7-8H2,1-2H3,(H2,13,16). The highest BCUT2D eigenvalue weighted by Crippen LogP contribution is 2.17. The molecule has 1 unspecified atom stereocenters. The number of nitrogens with one attached hydrogen (secondary N) is 1. The van der Waals surface area contributed by atoms with Crippen molar-refractivity contribution in [2.75, 3.05) is 18.5 Å². The topological polar surface area (TPSA) is 75.3 Å². The van der Waals surface area contributed by atoms with Gasteiger partial charge in [-0.05, 0) is 31.5 Å². The molecule has 0 radical (unpaired) electrons. The number of primary amides is 1. The number of hydrogen-bond acceptors (Lipinski definition) is 3. The first-order valence-corrected chi connectivity index (χ1v) is 5.19. The fourth-order valence-electron chi connectivity index (χ4n) is 1.27. The van der Waals surface area contributed by atoms with Crippen molar-refractivity contribution in [3.05, 3.63) is 29.8 Å². The van der Waals surface area contributed by atoms with Gasteiger partial charge in [0.15, 0.2) is 0 Å². The number of hydrogen-bond donors (Lipinski definition) is 3. The lowest BCUT2D eigenvalue weighted by Crippen LogP contribution is -2.43. The van der Waals surface area contributed by atoms with Crippen LogP contribution in [0.4, 0.5) is 5.69 Å². The Hall–Kier alpha value is -1.55. The number of rotatable bonds is 5. The van der Waals surface area contributed by atoms with E-state index in [1.807, 2.05) is 31.2 Å². The summed E-state index contributed by atoms with van der Waals surface area (Å²) in [5.41, 5.74) is 6.36. The highest BCUT2D eigenvalue weighted by Gasteiger charge is 2.29. The van der Waals surface area contributed by atoms with Gasteiger partial charge in [-0.3, -0.25) is 4.79 Å². The minimum Gasteiger partial charge on any atom is -0.395 e. The van der Waals surface area contributed by atoms with Gasteiger partial charge in [0, 0.05) is 12.2 Å². The first-order chi connectivity index (χ1) is 7.48. The van der Waals surface area contributed by atoms with E-state index in [1.165, 1.54) is 0 Å². The van der Waals surface area contributed by atoms with Crippen LogP contribution in [0.15, 0.2) is 24.3 Å². The molecule has 0 saturated heterocycles. The molecule has 4 heteroatoms. The molecule has 0 aliphatic rings. The highest BCUT2D eigenvalue weighted by molar-refractivity contribution is 5.81. The first-order valence-electron chi connectivity index (χ1n) is 5.19. The fraction of sp³-hybridized carbons (Fsp3) is 0.417. The zero-order valence-electron chi connectivity index (χ0n) is 9.66. The van der Waals surface area contributed by atoms with Gasteiger partial charge in [0.05, 0.1) is 12.0 Å². The molecular weight excluding hydrogens is 204 g/mol. The van der Waals surface area contributed by atoms with E-state index in [0.717, 1.165) is 11.3 Å². The fourth-order valence-corrected chi connectivity index (χ4v) is 1.27. The van der Waals surface area contributed by atoms with Crippen molar-refractivity contribution in [1.82, 2.24) is 0 Å². The normalized spacial score (nSPS) is 14.2. The van der Waals surface area contributed by atoms with Crippen molar-refractivity contribution < 1.29 is 9.90 Å². The van der Waals surface area contributed by atoms with Gasteiger partial charge >= 0.3 is 0 Å². The molecule has 1 atom stereocenters. The van der Waals surface area contributed by atoms with Crippen LogP contribution in [0.3, 0.4) is 0 Å². The lowest BCUT2D eigenvalue weighted by molar-refractivity contribution is -0.128. The van der Waals surface area contributed by atoms with E-state index in [-0.39, 0.29) is 6.61 Å². The predicted octanol–water partition coefficient (Wildman–Crippen LogP) is 0.891. The van der Waals surface area contributed by atoms with Gasteiger partial charge in [0.2, 0.25) is 5.91 Å². The maximum absolute atomic E-state index is 11.2. The number of amides is 1. The molecule has 88 valence electrons. The summed E-state index contributed by atoms with van der Waals surface area (Å²) in [6.45, 7) is 3.69. The number of benzene rings is 1. The molecule has 0 spiro atoms. The van der Waals surface area contributed by atoms with Crippen LogP contribution < -0.4 is 11.1 Å². The first kappa shape index (κ1) is 12.5. The Bertz CT molecular complexity index is 379. The Morgan fingerprint density at radius 3 is 2.75 bits per heavy atom. The van der Waals surface area contributed by atoms with Gasteiger partial charge in [-0.25, -0.2) is 0 Å². The Morgan fingerprint density at radius 1 is 1.56 bits per heavy atom. The third-order valence-electron chi connectivity index (χ3n) is 2.64. The number of aliphatic hydroxyl groups is 1. The molecule has 0 saturated carbocycles. The molecule has 1 aromatic carbocycles. The average Bonchev–Trinajstić information content (AvgIpc) is 2.26. The van der Waals surface area contributed by atoms with Crippen molar-refractivity contribution in [3.8, 4) is 0 Å². The van der Waals surface area contributed by atoms with Crippen LogP contribution >= 0.6 is 0 Å². The number of carbonyl (C=O) groups excluding carboxylic acids is 1. The summed E-state index contributed by atoms with van der Waals surface area (Å²) < 4.78 is 0. The zero-order valence-corrected chi connectivity index (χ0v) is 9.66. The molecule has 1 aromatic rings. The third-order valence-corrected chi connectivity index (χ3v) is 2.64. The van der Waals surface area contributed by atoms with Crippen molar-refractivity contribution >= 4 is 11.6 Å². The summed E-state index contributed by atoms with van der Waals surface area (Å²) in [6, 6.07) is 7.80. The molecule has 0 aliphatic carbocycles. The van der Waals surface area contributed by atoms with Crippen LogP contribution in [-0.4, -0.2) is 24.2 Å². The lowest BCUT2D eigenvalue weighted by Gasteiger charge is -2.24. The second kappa shape index (κ2) is 4.99. The molecule has 0 fully saturated rings. The predicted molar refractivity (Wildman–Crippen MR) is 64.1 cm³/mol. The van der Waals surface area contributed by atoms with Crippen molar-refractivity contribution in [3.63, 3.8) is 0 Å². The van der Waals surface area contributed by atoms with Crippen LogP contribution in [0.5, 0.6) is 0 Å². The summed E-state index contributed by atoms with van der Waals surface area (Å²) in [6.07, 6.45) is 0. The van der Waals surface area contributed by atoms with Crippen molar-refractivity contribution in [2.45, 2.75) is 13.8 Å². The number of aliphatic hydroxyl groups excluding tert-OH is 1. The average molecular weight is 222 g/mol. The van der Waals surface area contributed by atoms with E-state index < -0.39 is 11.3 Å². The monoisotopic (exact) mass is 222 g/mol. The maximum Gasteiger partial charge on any atom is 0.227 e. The lowest BCUT2D eigenvalue weighted by atomic mass is 9.91. The SMILES string of the molecule is Cc1cccc(NCC(C)(CO)C(N)=O)c1. The summed E-state index contributed by atoms with van der Waals surface area (Å²) in [4.78, 5) is 11.2. The maximum atomic E-state index is 11.2. The quantitative estimate of drug-likeness (QED) is 0.692. The summed E-state index contributed by atoms with van der Waals surface area (Å²) in [5, 5.41) is 12.2. The van der Waals surface area contributed by atoms with Crippen molar-refractivity contribution in [2.24, 2.45) is 11.1 Å². The highest BCUT2D eigenvalue weighted by atomic mass is 16.3. The van der Waals surface area contributed by atoms with Crippen molar-refractivity contribution in [1.29, 1.82) is 0 Å². The van der Waals surface area contributed by atoms with Gasteiger partial charge in [-0.2, -0.15) is 0 Å². The molecule has 0 heterocycles. The molecule has 16 heavy (non-hydrogen) atoms. The second-order valence-electron chi connectivity index (χ2n) is 4.31. The molecule has 0 aliphatic heterocycles. The van der Waals surface area contributed by atoms with Crippen LogP contribution in [0.1, 0.15) is 12.5 Å². The summed E-state index contributed by atoms with van der Waals surface area (Å²) >= 11 is 0. The molecule has 1 amide bonds. The largest absolute Gasteiger partial charge is 0.395 e. The number of nitrogens with two attached hydrogens (primary N) is 1. The van der Waals surface area contributed by atoms with E-state index >= 15 is 0 Å². The minimum absolute atomic E-state index is 0.263. The van der Waals surface area contributed by atoms with Crippen LogP contribution in [0.2, 0.25) is 0 Å². The number of carbonyl (C=O) groups is 1. The number of anilines is 1. The number of aryl methyl sites for hydroxylation is 1. The van der Waals surface area contributed by atoms with E-state index in [9.17, 15) is 4.79 Å². The van der Waals surface area contributed by atoms with Crippen LogP contribution in [0.25, 0.3) is 0 Å². The Morgan fingerprint density at radius 2 is 2.25 bits per heavy atom. The third kappa shape index (κ3) is 2.97. The Labute approximate surface area is 95.5 Å². The molecule has 0 aromatic heterocycles. The van der Waals surface area contributed by atoms with E-state index in [1.54, 1.807) is 6.92 Å². The van der Waals surface area contributed by atoms with E-state index in [2.05, 4.69) is 5.32 Å². The Kier molecular flexibility index (Phi) is 3.90. The van der Waals surface area contributed by atoms with Gasteiger partial charge in [-0.15, -0.1) is 0 Å². The molecule has 4 nitrogen and oxygen atoms in total. The van der Waals surface area contributed by atoms with E-state index in [4.69, 9.17) is 10.8 Å². The van der Waals surface area contributed by atoms with Gasteiger partial charge < -0.3 is 16.2 Å². The van der Waals surface area contributed by atoms with Gasteiger partial charge in [-0.1, -0.05) is 12.1 Å². The van der Waals surface area contributed by atoms with Crippen LogP contribution in [0, 0.1) is 12.3 Å². The van der Waals surface area contributed by atoms with Gasteiger partial charge in [0.1, 0.15) is 0 Å². The molecule has 0 bridgehead atoms. The molecule has 1 rings (SSSR count). The van der Waals surface area contributed by atoms with E-state index in [0.29, 0.717) is 6.54 Å². The minimum atomic E-state index is -0.927.